The maximum absolute atomic E-state index is 12.8. The molecule has 1 aliphatic rings. The van der Waals surface area contributed by atoms with E-state index in [1.807, 2.05) is 20.8 Å². The van der Waals surface area contributed by atoms with Gasteiger partial charge < -0.3 is 5.32 Å². The van der Waals surface area contributed by atoms with Crippen LogP contribution in [-0.2, 0) is 14.8 Å². The van der Waals surface area contributed by atoms with Crippen molar-refractivity contribution < 1.29 is 13.2 Å². The monoisotopic (exact) mass is 403 g/mol. The third kappa shape index (κ3) is 4.24. The third-order valence-electron chi connectivity index (χ3n) is 4.55. The molecule has 0 bridgehead atoms. The fraction of sp³-hybridized carbons (Fsp3) is 0.421. The minimum absolute atomic E-state index is 0.178. The fourth-order valence-corrected chi connectivity index (χ4v) is 4.18. The van der Waals surface area contributed by atoms with Crippen LogP contribution in [0.4, 0.5) is 5.82 Å². The van der Waals surface area contributed by atoms with Crippen LogP contribution in [0.3, 0.4) is 0 Å². The highest BCUT2D eigenvalue weighted by Gasteiger charge is 2.31. The smallest absolute Gasteiger partial charge is 0.263 e. The molecule has 0 fully saturated rings. The highest BCUT2D eigenvalue weighted by Crippen LogP contribution is 2.23. The van der Waals surface area contributed by atoms with Crippen molar-refractivity contribution >= 4 is 27.6 Å². The molecule has 8 nitrogen and oxygen atoms in total. The zero-order valence-corrected chi connectivity index (χ0v) is 17.0. The Labute approximate surface area is 164 Å². The van der Waals surface area contributed by atoms with Crippen molar-refractivity contribution in [2.75, 3.05) is 5.32 Å². The quantitative estimate of drug-likeness (QED) is 0.659. The van der Waals surface area contributed by atoms with Crippen LogP contribution in [-0.4, -0.2) is 36.4 Å². The van der Waals surface area contributed by atoms with E-state index in [9.17, 15) is 13.2 Å². The van der Waals surface area contributed by atoms with Crippen LogP contribution in [0.25, 0.3) is 0 Å². The Morgan fingerprint density at radius 3 is 2.71 bits per heavy atom. The van der Waals surface area contributed by atoms with Crippen LogP contribution in [0.1, 0.15) is 57.2 Å². The van der Waals surface area contributed by atoms with E-state index in [-0.39, 0.29) is 22.6 Å². The summed E-state index contributed by atoms with van der Waals surface area (Å²) in [6.07, 6.45) is 2.20. The molecule has 1 aromatic heterocycles. The zero-order chi connectivity index (χ0) is 20.3. The Hall–Kier alpha value is -2.68. The van der Waals surface area contributed by atoms with Gasteiger partial charge in [0.15, 0.2) is 5.82 Å². The number of anilines is 1. The Balaban J connectivity index is 1.86. The molecule has 28 heavy (non-hydrogen) atoms. The molecule has 1 atom stereocenters. The summed E-state index contributed by atoms with van der Waals surface area (Å²) in [6, 6.07) is 7.69. The van der Waals surface area contributed by atoms with Crippen molar-refractivity contribution in [2.45, 2.75) is 56.9 Å². The molecular formula is C19H25N5O3S. The molecule has 0 spiro atoms. The third-order valence-corrected chi connectivity index (χ3v) is 5.95. The second-order valence-corrected chi connectivity index (χ2v) is 8.74. The number of nitrogens with one attached hydrogen (secondary N) is 3. The summed E-state index contributed by atoms with van der Waals surface area (Å²) >= 11 is 0. The number of hydrogen-bond acceptors (Lipinski definition) is 5. The van der Waals surface area contributed by atoms with E-state index in [4.69, 9.17) is 0 Å². The average Bonchev–Trinajstić information content (AvgIpc) is 3.22. The molecule has 2 aromatic rings. The van der Waals surface area contributed by atoms with Crippen LogP contribution >= 0.6 is 0 Å². The van der Waals surface area contributed by atoms with Gasteiger partial charge >= 0.3 is 0 Å². The van der Waals surface area contributed by atoms with E-state index in [1.54, 1.807) is 24.3 Å². The Morgan fingerprint density at radius 2 is 2.04 bits per heavy atom. The first-order chi connectivity index (χ1) is 13.3. The molecule has 0 aliphatic carbocycles. The Kier molecular flexibility index (Phi) is 5.83. The van der Waals surface area contributed by atoms with Gasteiger partial charge in [0.2, 0.25) is 5.91 Å². The molecule has 1 aromatic carbocycles. The molecule has 0 saturated carbocycles. The lowest BCUT2D eigenvalue weighted by Gasteiger charge is -2.12. The van der Waals surface area contributed by atoms with Crippen molar-refractivity contribution in [3.05, 3.63) is 41.6 Å². The van der Waals surface area contributed by atoms with Gasteiger partial charge in [0.25, 0.3) is 10.0 Å². The van der Waals surface area contributed by atoms with Gasteiger partial charge in [-0.1, -0.05) is 45.7 Å². The van der Waals surface area contributed by atoms with E-state index < -0.39 is 16.1 Å². The number of aromatic nitrogens is 2. The first-order valence-corrected chi connectivity index (χ1v) is 10.9. The standard InChI is InChI=1S/C19H25N5O3S/c1-4-5-9-14(19(25)21-17-11-15(12(2)3)22-23-17)20-18-13-8-6-7-10-16(13)28(26,27)24-18/h6-8,10-12,14H,4-5,9H2,1-3H3,(H,20,24)(H2,21,22,23,25). The van der Waals surface area contributed by atoms with E-state index >= 15 is 0 Å². The lowest BCUT2D eigenvalue weighted by molar-refractivity contribution is -0.117. The molecule has 0 radical (unpaired) electrons. The fourth-order valence-electron chi connectivity index (χ4n) is 2.94. The van der Waals surface area contributed by atoms with Crippen LogP contribution in [0.15, 0.2) is 40.2 Å². The summed E-state index contributed by atoms with van der Waals surface area (Å²) in [5.74, 6) is 0.588. The summed E-state index contributed by atoms with van der Waals surface area (Å²) < 4.78 is 27.0. The molecular weight excluding hydrogens is 378 g/mol. The minimum atomic E-state index is -3.64. The zero-order valence-electron chi connectivity index (χ0n) is 16.2. The van der Waals surface area contributed by atoms with Crippen LogP contribution in [0, 0.1) is 0 Å². The number of fused-ring (bicyclic) bond motifs is 1. The number of amides is 1. The number of rotatable bonds is 7. The predicted octanol–water partition coefficient (Wildman–Crippen LogP) is 2.77. The number of carbonyl (C=O) groups excluding carboxylic acids is 1. The average molecular weight is 404 g/mol. The maximum atomic E-state index is 12.8. The molecule has 1 amide bonds. The van der Waals surface area contributed by atoms with Crippen molar-refractivity contribution in [1.29, 1.82) is 0 Å². The number of unbranched alkanes of at least 4 members (excludes halogenated alkanes) is 1. The van der Waals surface area contributed by atoms with Crippen molar-refractivity contribution in [2.24, 2.45) is 4.99 Å². The number of carbonyl (C=O) groups is 1. The SMILES string of the molecule is CCCCC(N=C1NS(=O)(=O)c2ccccc21)C(=O)Nc1cc(C(C)C)[nH]n1. The van der Waals surface area contributed by atoms with Crippen molar-refractivity contribution in [1.82, 2.24) is 14.9 Å². The van der Waals surface area contributed by atoms with E-state index in [2.05, 4.69) is 25.2 Å². The molecule has 0 saturated heterocycles. The summed E-state index contributed by atoms with van der Waals surface area (Å²) in [5.41, 5.74) is 1.41. The number of nitrogens with zero attached hydrogens (tertiary/aromatic N) is 2. The van der Waals surface area contributed by atoms with Crippen molar-refractivity contribution in [3.8, 4) is 0 Å². The Morgan fingerprint density at radius 1 is 1.29 bits per heavy atom. The van der Waals surface area contributed by atoms with Gasteiger partial charge in [-0.3, -0.25) is 19.6 Å². The number of aliphatic imine (C=N–C) groups is 1. The van der Waals surface area contributed by atoms with Gasteiger partial charge in [-0.2, -0.15) is 5.10 Å². The molecule has 9 heteroatoms. The second kappa shape index (κ2) is 8.14. The Bertz CT molecular complexity index is 995. The van der Waals surface area contributed by atoms with Gasteiger partial charge in [0, 0.05) is 17.3 Å². The number of benzene rings is 1. The highest BCUT2D eigenvalue weighted by atomic mass is 32.2. The van der Waals surface area contributed by atoms with Crippen LogP contribution in [0.2, 0.25) is 0 Å². The van der Waals surface area contributed by atoms with Crippen LogP contribution in [0.5, 0.6) is 0 Å². The van der Waals surface area contributed by atoms with E-state index in [0.717, 1.165) is 18.5 Å². The molecule has 1 unspecified atom stereocenters. The van der Waals surface area contributed by atoms with Crippen LogP contribution < -0.4 is 10.0 Å². The van der Waals surface area contributed by atoms with Gasteiger partial charge in [-0.15, -0.1) is 0 Å². The number of aromatic amines is 1. The number of amidine groups is 1. The van der Waals surface area contributed by atoms with Crippen molar-refractivity contribution in [3.63, 3.8) is 0 Å². The topological polar surface area (TPSA) is 116 Å². The summed E-state index contributed by atoms with van der Waals surface area (Å²) in [4.78, 5) is 17.5. The minimum Gasteiger partial charge on any atom is -0.307 e. The summed E-state index contributed by atoms with van der Waals surface area (Å²) in [6.45, 7) is 6.08. The predicted molar refractivity (Wildman–Crippen MR) is 108 cm³/mol. The number of sulfonamides is 1. The molecule has 150 valence electrons. The number of H-pyrrole nitrogens is 1. The largest absolute Gasteiger partial charge is 0.307 e. The summed E-state index contributed by atoms with van der Waals surface area (Å²) in [7, 11) is -3.64. The normalized spacial score (nSPS) is 17.4. The summed E-state index contributed by atoms with van der Waals surface area (Å²) in [5, 5.41) is 9.79. The maximum Gasteiger partial charge on any atom is 0.263 e. The van der Waals surface area contributed by atoms with Gasteiger partial charge in [0.1, 0.15) is 11.9 Å². The van der Waals surface area contributed by atoms with Gasteiger partial charge in [0.05, 0.1) is 4.90 Å². The van der Waals surface area contributed by atoms with E-state index in [1.165, 1.54) is 6.07 Å². The van der Waals surface area contributed by atoms with Gasteiger partial charge in [-0.25, -0.2) is 8.42 Å². The lowest BCUT2D eigenvalue weighted by atomic mass is 10.1. The first kappa shape index (κ1) is 20.1. The second-order valence-electron chi connectivity index (χ2n) is 7.09. The number of hydrogen-bond donors (Lipinski definition) is 3. The molecule has 2 heterocycles. The lowest BCUT2D eigenvalue weighted by Crippen LogP contribution is -2.31. The van der Waals surface area contributed by atoms with E-state index in [0.29, 0.717) is 17.8 Å². The highest BCUT2D eigenvalue weighted by molar-refractivity contribution is 7.90. The molecule has 1 aliphatic heterocycles. The first-order valence-electron chi connectivity index (χ1n) is 9.38. The molecule has 3 rings (SSSR count). The van der Waals surface area contributed by atoms with Gasteiger partial charge in [-0.05, 0) is 24.5 Å². The molecule has 3 N–H and O–H groups in total.